The molecule has 0 aliphatic rings. The molecule has 5 nitrogen and oxygen atoms in total. The van der Waals surface area contributed by atoms with Crippen molar-refractivity contribution in [2.45, 2.75) is 6.18 Å². The summed E-state index contributed by atoms with van der Waals surface area (Å²) in [4.78, 5) is 13.2. The maximum atomic E-state index is 12.8. The first kappa shape index (κ1) is 13.3. The lowest BCUT2D eigenvalue weighted by molar-refractivity contribution is -0.385. The van der Waals surface area contributed by atoms with Gasteiger partial charge < -0.3 is 5.11 Å². The van der Waals surface area contributed by atoms with Gasteiger partial charge in [0, 0.05) is 17.6 Å². The monoisotopic (exact) mass is 292 g/mol. The molecule has 19 heavy (non-hydrogen) atoms. The van der Waals surface area contributed by atoms with Gasteiger partial charge in [-0.25, -0.2) is 0 Å². The molecule has 0 fully saturated rings. The molecule has 0 aliphatic heterocycles. The number of alkyl halides is 3. The van der Waals surface area contributed by atoms with E-state index in [2.05, 4.69) is 4.98 Å². The zero-order valence-electron chi connectivity index (χ0n) is 8.90. The summed E-state index contributed by atoms with van der Waals surface area (Å²) in [6.45, 7) is 0. The second-order valence-corrected chi connectivity index (χ2v) is 3.97. The van der Waals surface area contributed by atoms with Gasteiger partial charge in [0.25, 0.3) is 0 Å². The third-order valence-corrected chi connectivity index (χ3v) is 2.72. The van der Waals surface area contributed by atoms with Crippen molar-refractivity contribution in [2.75, 3.05) is 0 Å². The number of pyridine rings is 1. The molecule has 9 heteroatoms. The van der Waals surface area contributed by atoms with Crippen molar-refractivity contribution >= 4 is 28.2 Å². The predicted molar refractivity (Wildman–Crippen MR) is 60.1 cm³/mol. The summed E-state index contributed by atoms with van der Waals surface area (Å²) in [5.74, 6) is -0.949. The van der Waals surface area contributed by atoms with Crippen LogP contribution in [0.5, 0.6) is 5.75 Å². The lowest BCUT2D eigenvalue weighted by atomic mass is 10.1. The average molecular weight is 293 g/mol. The molecule has 0 aliphatic carbocycles. The summed E-state index contributed by atoms with van der Waals surface area (Å²) in [5, 5.41) is 19.2. The van der Waals surface area contributed by atoms with E-state index in [4.69, 9.17) is 11.6 Å². The van der Waals surface area contributed by atoms with Crippen molar-refractivity contribution in [3.8, 4) is 5.75 Å². The lowest BCUT2D eigenvalue weighted by Gasteiger charge is -2.11. The smallest absolute Gasteiger partial charge is 0.417 e. The summed E-state index contributed by atoms with van der Waals surface area (Å²) in [6.07, 6.45) is -3.92. The first-order chi connectivity index (χ1) is 8.73. The molecule has 2 aromatic rings. The van der Waals surface area contributed by atoms with Crippen LogP contribution in [0.3, 0.4) is 0 Å². The number of nitrogens with zero attached hydrogens (tertiary/aromatic N) is 2. The molecule has 0 saturated carbocycles. The molecule has 1 aromatic carbocycles. The van der Waals surface area contributed by atoms with Crippen molar-refractivity contribution < 1.29 is 23.2 Å². The number of rotatable bonds is 1. The largest absolute Gasteiger partial charge is 0.501 e. The van der Waals surface area contributed by atoms with Crippen LogP contribution in [0.4, 0.5) is 18.9 Å². The molecule has 2 rings (SSSR count). The quantitative estimate of drug-likeness (QED) is 0.644. The SMILES string of the molecule is O=[N+]([O-])c1cc(Cl)c2c(C(F)(F)F)ccnc2c1O. The summed E-state index contributed by atoms with van der Waals surface area (Å²) in [6, 6.07) is 1.34. The van der Waals surface area contributed by atoms with Crippen LogP contribution in [0.15, 0.2) is 18.3 Å². The first-order valence-electron chi connectivity index (χ1n) is 4.75. The van der Waals surface area contributed by atoms with E-state index < -0.39 is 44.0 Å². The van der Waals surface area contributed by atoms with Crippen molar-refractivity contribution in [3.05, 3.63) is 39.0 Å². The van der Waals surface area contributed by atoms with Crippen LogP contribution in [0.1, 0.15) is 5.56 Å². The standard InChI is InChI=1S/C10H4ClF3N2O3/c11-5-3-6(16(18)19)9(17)8-7(5)4(1-2-15-8)10(12,13)14/h1-3,17H. The van der Waals surface area contributed by atoms with Gasteiger partial charge in [0.1, 0.15) is 5.52 Å². The molecule has 0 radical (unpaired) electrons. The second-order valence-electron chi connectivity index (χ2n) is 3.56. The van der Waals surface area contributed by atoms with Gasteiger partial charge in [0.15, 0.2) is 0 Å². The van der Waals surface area contributed by atoms with Gasteiger partial charge in [-0.05, 0) is 6.07 Å². The summed E-state index contributed by atoms with van der Waals surface area (Å²) < 4.78 is 38.4. The molecule has 0 bridgehead atoms. The zero-order valence-corrected chi connectivity index (χ0v) is 9.66. The van der Waals surface area contributed by atoms with Gasteiger partial charge in [-0.2, -0.15) is 13.2 Å². The number of phenolic OH excluding ortho intramolecular Hbond substituents is 1. The highest BCUT2D eigenvalue weighted by molar-refractivity contribution is 6.36. The topological polar surface area (TPSA) is 76.3 Å². The minimum atomic E-state index is -4.71. The summed E-state index contributed by atoms with van der Waals surface area (Å²) >= 11 is 5.63. The predicted octanol–water partition coefficient (Wildman–Crippen LogP) is 3.52. The molecule has 0 unspecified atom stereocenters. The average Bonchev–Trinajstić information content (AvgIpc) is 2.31. The van der Waals surface area contributed by atoms with Crippen LogP contribution in [0, 0.1) is 10.1 Å². The van der Waals surface area contributed by atoms with E-state index in [-0.39, 0.29) is 0 Å². The molecule has 0 spiro atoms. The highest BCUT2D eigenvalue weighted by atomic mass is 35.5. The third kappa shape index (κ3) is 2.14. The van der Waals surface area contributed by atoms with E-state index in [1.54, 1.807) is 0 Å². The Labute approximate surface area is 108 Å². The minimum absolute atomic E-state index is 0.500. The molecule has 1 aromatic heterocycles. The third-order valence-electron chi connectivity index (χ3n) is 2.42. The van der Waals surface area contributed by atoms with Gasteiger partial charge in [-0.1, -0.05) is 11.6 Å². The zero-order chi connectivity index (χ0) is 14.4. The number of aromatic nitrogens is 1. The van der Waals surface area contributed by atoms with Crippen molar-refractivity contribution in [2.24, 2.45) is 0 Å². The minimum Gasteiger partial charge on any atom is -0.501 e. The highest BCUT2D eigenvalue weighted by Gasteiger charge is 2.35. The van der Waals surface area contributed by atoms with Gasteiger partial charge >= 0.3 is 11.9 Å². The van der Waals surface area contributed by atoms with Crippen LogP contribution in [0.2, 0.25) is 5.02 Å². The number of hydrogen-bond acceptors (Lipinski definition) is 4. The molecular weight excluding hydrogens is 289 g/mol. The van der Waals surface area contributed by atoms with E-state index in [0.717, 1.165) is 6.20 Å². The number of phenols is 1. The number of nitro benzene ring substituents is 1. The molecule has 0 saturated heterocycles. The fourth-order valence-electron chi connectivity index (χ4n) is 1.64. The maximum absolute atomic E-state index is 12.8. The molecular formula is C10H4ClF3N2O3. The van der Waals surface area contributed by atoms with E-state index >= 15 is 0 Å². The van der Waals surface area contributed by atoms with Gasteiger partial charge in [-0.3, -0.25) is 15.1 Å². The van der Waals surface area contributed by atoms with E-state index in [9.17, 15) is 28.4 Å². The van der Waals surface area contributed by atoms with Crippen LogP contribution >= 0.6 is 11.6 Å². The Bertz CT molecular complexity index is 688. The molecule has 100 valence electrons. The van der Waals surface area contributed by atoms with Crippen LogP contribution in [-0.4, -0.2) is 15.0 Å². The molecule has 0 atom stereocenters. The Morgan fingerprint density at radius 2 is 2.05 bits per heavy atom. The van der Waals surface area contributed by atoms with Crippen molar-refractivity contribution in [1.82, 2.24) is 4.98 Å². The molecule has 0 amide bonds. The first-order valence-corrected chi connectivity index (χ1v) is 5.13. The normalized spacial score (nSPS) is 11.8. The fraction of sp³-hybridized carbons (Fsp3) is 0.100. The van der Waals surface area contributed by atoms with Crippen LogP contribution < -0.4 is 0 Å². The Balaban J connectivity index is 2.94. The number of fused-ring (bicyclic) bond motifs is 1. The Hall–Kier alpha value is -2.09. The highest BCUT2D eigenvalue weighted by Crippen LogP contribution is 2.43. The summed E-state index contributed by atoms with van der Waals surface area (Å²) in [7, 11) is 0. The number of benzene rings is 1. The number of halogens is 4. The Morgan fingerprint density at radius 1 is 1.42 bits per heavy atom. The molecule has 1 heterocycles. The van der Waals surface area contributed by atoms with Crippen LogP contribution in [-0.2, 0) is 6.18 Å². The maximum Gasteiger partial charge on any atom is 0.417 e. The lowest BCUT2D eigenvalue weighted by Crippen LogP contribution is -2.06. The van der Waals surface area contributed by atoms with E-state index in [1.807, 2.05) is 0 Å². The van der Waals surface area contributed by atoms with Crippen molar-refractivity contribution in [3.63, 3.8) is 0 Å². The van der Waals surface area contributed by atoms with E-state index in [1.165, 1.54) is 0 Å². The fourth-order valence-corrected chi connectivity index (χ4v) is 1.94. The number of hydrogen-bond donors (Lipinski definition) is 1. The number of aromatic hydroxyl groups is 1. The van der Waals surface area contributed by atoms with Crippen molar-refractivity contribution in [1.29, 1.82) is 0 Å². The van der Waals surface area contributed by atoms with Crippen LogP contribution in [0.25, 0.3) is 10.9 Å². The summed E-state index contributed by atoms with van der Waals surface area (Å²) in [5.41, 5.74) is -2.48. The Morgan fingerprint density at radius 3 is 2.58 bits per heavy atom. The number of nitro groups is 1. The second kappa shape index (κ2) is 4.23. The van der Waals surface area contributed by atoms with Gasteiger partial charge in [-0.15, -0.1) is 0 Å². The molecule has 1 N–H and O–H groups in total. The Kier molecular flexibility index (Phi) is 2.97. The van der Waals surface area contributed by atoms with Gasteiger partial charge in [0.2, 0.25) is 5.75 Å². The van der Waals surface area contributed by atoms with E-state index in [0.29, 0.717) is 12.1 Å². The van der Waals surface area contributed by atoms with Gasteiger partial charge in [0.05, 0.1) is 15.5 Å².